The second kappa shape index (κ2) is 8.16. The Morgan fingerprint density at radius 1 is 1.03 bits per heavy atom. The van der Waals surface area contributed by atoms with Crippen LogP contribution in [0.1, 0.15) is 26.8 Å². The molecule has 0 saturated heterocycles. The maximum absolute atomic E-state index is 13.2. The van der Waals surface area contributed by atoms with Gasteiger partial charge in [-0.2, -0.15) is 0 Å². The molecule has 0 fully saturated rings. The molecule has 5 nitrogen and oxygen atoms in total. The third kappa shape index (κ3) is 3.62. The Morgan fingerprint density at radius 3 is 2.33 bits per heavy atom. The van der Waals surface area contributed by atoms with Crippen LogP contribution in [-0.2, 0) is 11.3 Å². The Bertz CT molecular complexity index is 1090. The molecule has 0 saturated carbocycles. The summed E-state index contributed by atoms with van der Waals surface area (Å²) in [6, 6.07) is 20.1. The lowest BCUT2D eigenvalue weighted by Crippen LogP contribution is -2.30. The molecule has 1 aromatic heterocycles. The highest BCUT2D eigenvalue weighted by Gasteiger charge is 2.43. The molecule has 0 aliphatic carbocycles. The third-order valence-electron chi connectivity index (χ3n) is 5.21. The van der Waals surface area contributed by atoms with Gasteiger partial charge in [0.1, 0.15) is 0 Å². The maximum atomic E-state index is 13.2. The number of benzene rings is 2. The van der Waals surface area contributed by atoms with Crippen LogP contribution in [0.4, 0.5) is 5.69 Å². The lowest BCUT2D eigenvalue weighted by atomic mass is 9.95. The van der Waals surface area contributed by atoms with Crippen molar-refractivity contribution in [3.63, 3.8) is 0 Å². The minimum absolute atomic E-state index is 0.135. The number of aliphatic hydroxyl groups is 1. The SMILES string of the molecule is CN(C)c1ccc(C2C(C(=O)c3cccs3)=C(O)C(=O)N2Cc2ccccc2)cc1. The number of rotatable bonds is 6. The van der Waals surface area contributed by atoms with Crippen LogP contribution >= 0.6 is 11.3 Å². The van der Waals surface area contributed by atoms with Crippen molar-refractivity contribution < 1.29 is 14.7 Å². The van der Waals surface area contributed by atoms with E-state index in [2.05, 4.69) is 0 Å². The van der Waals surface area contributed by atoms with Gasteiger partial charge in [-0.3, -0.25) is 9.59 Å². The highest BCUT2D eigenvalue weighted by molar-refractivity contribution is 7.12. The summed E-state index contributed by atoms with van der Waals surface area (Å²) in [6.45, 7) is 0.297. The lowest BCUT2D eigenvalue weighted by molar-refractivity contribution is -0.130. The van der Waals surface area contributed by atoms with E-state index < -0.39 is 17.7 Å². The van der Waals surface area contributed by atoms with E-state index in [1.807, 2.05) is 79.0 Å². The van der Waals surface area contributed by atoms with Gasteiger partial charge in [0, 0.05) is 26.3 Å². The normalized spacial score (nSPS) is 16.3. The molecule has 4 rings (SSSR count). The third-order valence-corrected chi connectivity index (χ3v) is 6.08. The molecule has 0 spiro atoms. The Balaban J connectivity index is 1.78. The summed E-state index contributed by atoms with van der Waals surface area (Å²) in [4.78, 5) is 30.3. The summed E-state index contributed by atoms with van der Waals surface area (Å²) in [5, 5.41) is 12.5. The molecule has 2 heterocycles. The Hall–Kier alpha value is -3.38. The Morgan fingerprint density at radius 2 is 1.73 bits per heavy atom. The predicted octanol–water partition coefficient (Wildman–Crippen LogP) is 4.59. The first-order chi connectivity index (χ1) is 14.5. The van der Waals surface area contributed by atoms with Gasteiger partial charge < -0.3 is 14.9 Å². The molecule has 1 atom stereocenters. The first kappa shape index (κ1) is 19.9. The number of amides is 1. The number of carbonyl (C=O) groups is 2. The lowest BCUT2D eigenvalue weighted by Gasteiger charge is -2.27. The van der Waals surface area contributed by atoms with Crippen molar-refractivity contribution in [2.24, 2.45) is 0 Å². The molecule has 2 aromatic carbocycles. The number of thiophene rings is 1. The van der Waals surface area contributed by atoms with E-state index in [1.54, 1.807) is 17.0 Å². The largest absolute Gasteiger partial charge is 0.503 e. The van der Waals surface area contributed by atoms with Gasteiger partial charge in [0.15, 0.2) is 5.76 Å². The van der Waals surface area contributed by atoms with Crippen LogP contribution in [0.15, 0.2) is 83.4 Å². The first-order valence-electron chi connectivity index (χ1n) is 9.61. The second-order valence-electron chi connectivity index (χ2n) is 7.38. The number of ketones is 1. The number of hydrogen-bond donors (Lipinski definition) is 1. The fourth-order valence-corrected chi connectivity index (χ4v) is 4.35. The van der Waals surface area contributed by atoms with Crippen molar-refractivity contribution in [1.29, 1.82) is 0 Å². The topological polar surface area (TPSA) is 60.9 Å². The second-order valence-corrected chi connectivity index (χ2v) is 8.32. The van der Waals surface area contributed by atoms with E-state index in [-0.39, 0.29) is 11.4 Å². The van der Waals surface area contributed by atoms with Crippen molar-refractivity contribution in [2.75, 3.05) is 19.0 Å². The summed E-state index contributed by atoms with van der Waals surface area (Å²) in [5.41, 5.74) is 2.86. The van der Waals surface area contributed by atoms with E-state index in [9.17, 15) is 14.7 Å². The van der Waals surface area contributed by atoms with Crippen molar-refractivity contribution in [1.82, 2.24) is 4.90 Å². The maximum Gasteiger partial charge on any atom is 0.290 e. The van der Waals surface area contributed by atoms with Crippen LogP contribution in [0.5, 0.6) is 0 Å². The fourth-order valence-electron chi connectivity index (χ4n) is 3.67. The monoisotopic (exact) mass is 418 g/mol. The summed E-state index contributed by atoms with van der Waals surface area (Å²) in [6.07, 6.45) is 0. The van der Waals surface area contributed by atoms with Gasteiger partial charge in [-0.05, 0) is 34.7 Å². The molecule has 1 aliphatic rings. The molecule has 3 aromatic rings. The summed E-state index contributed by atoms with van der Waals surface area (Å²) in [7, 11) is 3.90. The molecule has 1 amide bonds. The van der Waals surface area contributed by atoms with Gasteiger partial charge in [-0.25, -0.2) is 0 Å². The molecule has 1 unspecified atom stereocenters. The number of nitrogens with zero attached hydrogens (tertiary/aromatic N) is 2. The van der Waals surface area contributed by atoms with E-state index >= 15 is 0 Å². The summed E-state index contributed by atoms with van der Waals surface area (Å²) < 4.78 is 0. The molecule has 1 aliphatic heterocycles. The smallest absolute Gasteiger partial charge is 0.290 e. The zero-order valence-corrected chi connectivity index (χ0v) is 17.6. The minimum atomic E-state index is -0.650. The summed E-state index contributed by atoms with van der Waals surface area (Å²) >= 11 is 1.30. The van der Waals surface area contributed by atoms with Gasteiger partial charge in [0.25, 0.3) is 5.91 Å². The molecule has 1 N–H and O–H groups in total. The Kier molecular flexibility index (Phi) is 5.42. The van der Waals surface area contributed by atoms with Gasteiger partial charge in [-0.15, -0.1) is 11.3 Å². The Labute approximate surface area is 179 Å². The van der Waals surface area contributed by atoms with E-state index in [4.69, 9.17) is 0 Å². The van der Waals surface area contributed by atoms with Crippen LogP contribution in [0, 0.1) is 0 Å². The number of aliphatic hydroxyl groups excluding tert-OH is 1. The van der Waals surface area contributed by atoms with Crippen LogP contribution in [-0.4, -0.2) is 35.8 Å². The molecule has 6 heteroatoms. The highest BCUT2D eigenvalue weighted by atomic mass is 32.1. The molecular weight excluding hydrogens is 396 g/mol. The van der Waals surface area contributed by atoms with Gasteiger partial charge in [0.05, 0.1) is 16.5 Å². The minimum Gasteiger partial charge on any atom is -0.503 e. The number of Topliss-reactive ketones (excluding diaryl/α,β-unsaturated/α-hetero) is 1. The number of carbonyl (C=O) groups excluding carboxylic acids is 2. The van der Waals surface area contributed by atoms with Gasteiger partial charge >= 0.3 is 0 Å². The summed E-state index contributed by atoms with van der Waals surface area (Å²) in [5.74, 6) is -1.31. The van der Waals surface area contributed by atoms with Crippen molar-refractivity contribution in [2.45, 2.75) is 12.6 Å². The van der Waals surface area contributed by atoms with Crippen LogP contribution in [0.3, 0.4) is 0 Å². The van der Waals surface area contributed by atoms with E-state index in [0.717, 1.165) is 16.8 Å². The molecular formula is C24H22N2O3S. The zero-order valence-electron chi connectivity index (χ0n) is 16.8. The highest BCUT2D eigenvalue weighted by Crippen LogP contribution is 2.40. The molecule has 30 heavy (non-hydrogen) atoms. The molecule has 0 bridgehead atoms. The van der Waals surface area contributed by atoms with Gasteiger partial charge in [0.2, 0.25) is 5.78 Å². The first-order valence-corrected chi connectivity index (χ1v) is 10.5. The average Bonchev–Trinajstić information content (AvgIpc) is 3.37. The van der Waals surface area contributed by atoms with Crippen LogP contribution in [0.25, 0.3) is 0 Å². The van der Waals surface area contributed by atoms with E-state index in [0.29, 0.717) is 11.4 Å². The van der Waals surface area contributed by atoms with Crippen LogP contribution < -0.4 is 4.90 Å². The fraction of sp³-hybridized carbons (Fsp3) is 0.167. The predicted molar refractivity (Wildman–Crippen MR) is 119 cm³/mol. The van der Waals surface area contributed by atoms with Crippen molar-refractivity contribution in [3.8, 4) is 0 Å². The quantitative estimate of drug-likeness (QED) is 0.595. The number of anilines is 1. The number of hydrogen-bond acceptors (Lipinski definition) is 5. The van der Waals surface area contributed by atoms with Gasteiger partial charge in [-0.1, -0.05) is 48.5 Å². The van der Waals surface area contributed by atoms with Crippen molar-refractivity contribution in [3.05, 3.63) is 99.4 Å². The standard InChI is InChI=1S/C24H22N2O3S/c1-25(2)18-12-10-17(11-13-18)21-20(22(27)19-9-6-14-30-19)23(28)24(29)26(21)15-16-7-4-3-5-8-16/h3-14,21,28H,15H2,1-2H3. The van der Waals surface area contributed by atoms with Crippen LogP contribution in [0.2, 0.25) is 0 Å². The molecule has 152 valence electrons. The van der Waals surface area contributed by atoms with E-state index in [1.165, 1.54) is 11.3 Å². The zero-order chi connectivity index (χ0) is 21.3. The molecule has 0 radical (unpaired) electrons. The average molecular weight is 419 g/mol. The van der Waals surface area contributed by atoms with Crippen molar-refractivity contribution >= 4 is 28.7 Å².